The number of hydrogen-bond donors (Lipinski definition) is 1. The zero-order valence-electron chi connectivity index (χ0n) is 13.6. The lowest BCUT2D eigenvalue weighted by Gasteiger charge is -2.28. The molecule has 1 aromatic heterocycles. The Balaban J connectivity index is 1.56. The summed E-state index contributed by atoms with van der Waals surface area (Å²) >= 11 is 0. The average Bonchev–Trinajstić information content (AvgIpc) is 2.63. The number of rotatable bonds is 3. The van der Waals surface area contributed by atoms with Gasteiger partial charge >= 0.3 is 0 Å². The van der Waals surface area contributed by atoms with E-state index in [2.05, 4.69) is 62.7 Å². The molecule has 0 saturated heterocycles. The van der Waals surface area contributed by atoms with Gasteiger partial charge < -0.3 is 10.2 Å². The molecule has 120 valence electrons. The minimum Gasteiger partial charge on any atom is -0.339 e. The van der Waals surface area contributed by atoms with Crippen LogP contribution < -0.4 is 10.2 Å². The number of nitrogens with one attached hydrogen (secondary N) is 1. The highest BCUT2D eigenvalue weighted by Crippen LogP contribution is 2.23. The van der Waals surface area contributed by atoms with Gasteiger partial charge in [0.1, 0.15) is 0 Å². The van der Waals surface area contributed by atoms with E-state index in [1.165, 1.54) is 16.7 Å². The van der Waals surface area contributed by atoms with Crippen LogP contribution in [0.1, 0.15) is 16.7 Å². The van der Waals surface area contributed by atoms with E-state index in [4.69, 9.17) is 0 Å². The number of anilines is 3. The van der Waals surface area contributed by atoms with E-state index in [-0.39, 0.29) is 0 Å². The van der Waals surface area contributed by atoms with Crippen molar-refractivity contribution in [3.63, 3.8) is 0 Å². The maximum atomic E-state index is 4.65. The molecule has 0 radical (unpaired) electrons. The minimum atomic E-state index is 0.670. The third-order valence-electron chi connectivity index (χ3n) is 4.37. The number of benzene rings is 2. The fourth-order valence-electron chi connectivity index (χ4n) is 3.01. The van der Waals surface area contributed by atoms with Gasteiger partial charge in [-0.25, -0.2) is 0 Å². The number of aromatic nitrogens is 3. The lowest BCUT2D eigenvalue weighted by Crippen LogP contribution is -2.32. The first-order valence-electron chi connectivity index (χ1n) is 8.14. The quantitative estimate of drug-likeness (QED) is 0.801. The van der Waals surface area contributed by atoms with Gasteiger partial charge in [-0.1, -0.05) is 42.5 Å². The molecule has 1 N–H and O–H groups in total. The molecular weight excluding hydrogens is 298 g/mol. The molecule has 4 rings (SSSR count). The van der Waals surface area contributed by atoms with Crippen LogP contribution in [0.3, 0.4) is 0 Å². The maximum Gasteiger partial charge on any atom is 0.247 e. The van der Waals surface area contributed by atoms with Gasteiger partial charge in [0.25, 0.3) is 0 Å². The van der Waals surface area contributed by atoms with Gasteiger partial charge in [-0.05, 0) is 36.1 Å². The number of aryl methyl sites for hydroxylation is 1. The second kappa shape index (κ2) is 6.28. The van der Waals surface area contributed by atoms with Crippen molar-refractivity contribution >= 4 is 17.5 Å². The minimum absolute atomic E-state index is 0.670. The molecule has 0 aliphatic carbocycles. The molecule has 0 fully saturated rings. The zero-order valence-corrected chi connectivity index (χ0v) is 13.6. The molecule has 0 amide bonds. The zero-order chi connectivity index (χ0) is 16.4. The summed E-state index contributed by atoms with van der Waals surface area (Å²) in [5.74, 6) is 1.39. The molecule has 3 aromatic rings. The van der Waals surface area contributed by atoms with Crippen molar-refractivity contribution in [2.45, 2.75) is 19.9 Å². The van der Waals surface area contributed by atoms with Gasteiger partial charge in [0, 0.05) is 18.8 Å². The molecule has 0 saturated carbocycles. The van der Waals surface area contributed by atoms with Crippen LogP contribution in [0.2, 0.25) is 0 Å². The summed E-state index contributed by atoms with van der Waals surface area (Å²) in [6, 6.07) is 16.7. The molecule has 1 aliphatic heterocycles. The predicted molar refractivity (Wildman–Crippen MR) is 95.5 cm³/mol. The van der Waals surface area contributed by atoms with Crippen molar-refractivity contribution < 1.29 is 0 Å². The molecule has 5 nitrogen and oxygen atoms in total. The summed E-state index contributed by atoms with van der Waals surface area (Å²) in [5.41, 5.74) is 4.96. The van der Waals surface area contributed by atoms with Crippen LogP contribution in [-0.2, 0) is 13.0 Å². The van der Waals surface area contributed by atoms with E-state index in [0.717, 1.165) is 25.2 Å². The van der Waals surface area contributed by atoms with Crippen molar-refractivity contribution in [2.75, 3.05) is 16.8 Å². The summed E-state index contributed by atoms with van der Waals surface area (Å²) < 4.78 is 0. The van der Waals surface area contributed by atoms with E-state index >= 15 is 0 Å². The number of fused-ring (bicyclic) bond motifs is 1. The molecule has 0 spiro atoms. The third kappa shape index (κ3) is 2.93. The van der Waals surface area contributed by atoms with Gasteiger partial charge in [0.2, 0.25) is 5.95 Å². The van der Waals surface area contributed by atoms with Gasteiger partial charge in [0.15, 0.2) is 5.82 Å². The largest absolute Gasteiger partial charge is 0.339 e. The SMILES string of the molecule is Cc1ccccc1Nc1cnnc(N2CCc3ccccc3C2)n1. The molecule has 24 heavy (non-hydrogen) atoms. The van der Waals surface area contributed by atoms with Crippen LogP contribution in [0, 0.1) is 6.92 Å². The Morgan fingerprint density at radius 1 is 1.00 bits per heavy atom. The average molecular weight is 317 g/mol. The van der Waals surface area contributed by atoms with Crippen LogP contribution in [0.15, 0.2) is 54.7 Å². The summed E-state index contributed by atoms with van der Waals surface area (Å²) in [5, 5.41) is 11.7. The molecule has 2 heterocycles. The van der Waals surface area contributed by atoms with Crippen LogP contribution in [0.5, 0.6) is 0 Å². The molecule has 0 unspecified atom stereocenters. The van der Waals surface area contributed by atoms with E-state index in [9.17, 15) is 0 Å². The second-order valence-corrected chi connectivity index (χ2v) is 6.02. The standard InChI is InChI=1S/C19H19N5/c1-14-6-2-5-9-17(14)21-18-12-20-23-19(22-18)24-11-10-15-7-3-4-8-16(15)13-24/h2-9,12H,10-11,13H2,1H3,(H,21,22,23). The first kappa shape index (κ1) is 14.6. The highest BCUT2D eigenvalue weighted by atomic mass is 15.3. The van der Waals surface area contributed by atoms with Gasteiger partial charge in [-0.3, -0.25) is 0 Å². The van der Waals surface area contributed by atoms with Crippen molar-refractivity contribution in [1.82, 2.24) is 15.2 Å². The fraction of sp³-hybridized carbons (Fsp3) is 0.211. The Morgan fingerprint density at radius 3 is 2.67 bits per heavy atom. The monoisotopic (exact) mass is 317 g/mol. The predicted octanol–water partition coefficient (Wildman–Crippen LogP) is 3.49. The first-order valence-corrected chi connectivity index (χ1v) is 8.14. The van der Waals surface area contributed by atoms with Crippen molar-refractivity contribution in [3.8, 4) is 0 Å². The topological polar surface area (TPSA) is 53.9 Å². The van der Waals surface area contributed by atoms with Gasteiger partial charge in [-0.2, -0.15) is 10.1 Å². The summed E-state index contributed by atoms with van der Waals surface area (Å²) in [6.45, 7) is 3.80. The summed E-state index contributed by atoms with van der Waals surface area (Å²) in [4.78, 5) is 6.83. The second-order valence-electron chi connectivity index (χ2n) is 6.02. The molecule has 0 atom stereocenters. The van der Waals surface area contributed by atoms with Gasteiger partial charge in [-0.15, -0.1) is 5.10 Å². The Hall–Kier alpha value is -2.95. The third-order valence-corrected chi connectivity index (χ3v) is 4.37. The van der Waals surface area contributed by atoms with E-state index in [0.29, 0.717) is 11.8 Å². The Kier molecular flexibility index (Phi) is 3.83. The lowest BCUT2D eigenvalue weighted by molar-refractivity contribution is 0.698. The van der Waals surface area contributed by atoms with Crippen LogP contribution in [0.4, 0.5) is 17.5 Å². The molecule has 0 bridgehead atoms. The van der Waals surface area contributed by atoms with E-state index in [1.807, 2.05) is 18.2 Å². The number of hydrogen-bond acceptors (Lipinski definition) is 5. The Bertz CT molecular complexity index is 862. The highest BCUT2D eigenvalue weighted by molar-refractivity contribution is 5.60. The molecule has 1 aliphatic rings. The maximum absolute atomic E-state index is 4.65. The van der Waals surface area contributed by atoms with E-state index in [1.54, 1.807) is 6.20 Å². The van der Waals surface area contributed by atoms with Crippen LogP contribution in [0.25, 0.3) is 0 Å². The first-order chi connectivity index (χ1) is 11.8. The molecular formula is C19H19N5. The van der Waals surface area contributed by atoms with Crippen LogP contribution >= 0.6 is 0 Å². The Morgan fingerprint density at radius 2 is 1.79 bits per heavy atom. The van der Waals surface area contributed by atoms with E-state index < -0.39 is 0 Å². The van der Waals surface area contributed by atoms with Gasteiger partial charge in [0.05, 0.1) is 6.20 Å². The van der Waals surface area contributed by atoms with Crippen molar-refractivity contribution in [2.24, 2.45) is 0 Å². The van der Waals surface area contributed by atoms with Crippen LogP contribution in [-0.4, -0.2) is 21.7 Å². The lowest BCUT2D eigenvalue weighted by atomic mass is 10.0. The fourth-order valence-corrected chi connectivity index (χ4v) is 3.01. The number of para-hydroxylation sites is 1. The van der Waals surface area contributed by atoms with Crippen molar-refractivity contribution in [1.29, 1.82) is 0 Å². The summed E-state index contributed by atoms with van der Waals surface area (Å²) in [7, 11) is 0. The smallest absolute Gasteiger partial charge is 0.247 e. The normalized spacial score (nSPS) is 13.5. The molecule has 2 aromatic carbocycles. The van der Waals surface area contributed by atoms with Crippen molar-refractivity contribution in [3.05, 3.63) is 71.4 Å². The Labute approximate surface area is 141 Å². The molecule has 5 heteroatoms. The highest BCUT2D eigenvalue weighted by Gasteiger charge is 2.18. The summed E-state index contributed by atoms with van der Waals surface area (Å²) in [6.07, 6.45) is 2.67. The number of nitrogens with zero attached hydrogens (tertiary/aromatic N) is 4.